The second-order valence-electron chi connectivity index (χ2n) is 8.17. The topological polar surface area (TPSA) is 67.4 Å². The number of carbonyl (C=O) groups excluding carboxylic acids is 2. The van der Waals surface area contributed by atoms with Crippen LogP contribution in [0.5, 0.6) is 5.75 Å². The van der Waals surface area contributed by atoms with Gasteiger partial charge in [0.1, 0.15) is 5.75 Å². The number of amides is 2. The lowest BCUT2D eigenvalue weighted by Gasteiger charge is -2.29. The molecule has 4 rings (SSSR count). The number of ether oxygens (including phenoxy) is 1. The minimum Gasteiger partial charge on any atom is -0.483 e. The van der Waals surface area contributed by atoms with E-state index in [9.17, 15) is 9.59 Å². The molecule has 2 aromatic carbocycles. The highest BCUT2D eigenvalue weighted by Crippen LogP contribution is 2.28. The molecule has 2 aliphatic carbocycles. The molecular weight excluding hydrogens is 352 g/mol. The van der Waals surface area contributed by atoms with Crippen LogP contribution in [0.1, 0.15) is 55.8 Å². The summed E-state index contributed by atoms with van der Waals surface area (Å²) in [6.45, 7) is 2.12. The molecule has 2 atom stereocenters. The van der Waals surface area contributed by atoms with E-state index in [0.29, 0.717) is 23.3 Å². The number of rotatable bonds is 6. The Morgan fingerprint density at radius 1 is 1.00 bits per heavy atom. The molecule has 5 heteroatoms. The average Bonchev–Trinajstić information content (AvgIpc) is 3.51. The minimum atomic E-state index is -0.136. The molecule has 2 aliphatic rings. The van der Waals surface area contributed by atoms with E-state index in [0.717, 1.165) is 42.9 Å². The van der Waals surface area contributed by atoms with E-state index in [1.165, 1.54) is 6.42 Å². The van der Waals surface area contributed by atoms with Crippen LogP contribution in [0.4, 0.5) is 0 Å². The lowest BCUT2D eigenvalue weighted by Crippen LogP contribution is -2.41. The Balaban J connectivity index is 1.55. The Bertz CT molecular complexity index is 875. The number of hydrogen-bond donors (Lipinski definition) is 2. The van der Waals surface area contributed by atoms with Crippen molar-refractivity contribution in [3.63, 3.8) is 0 Å². The van der Waals surface area contributed by atoms with Crippen molar-refractivity contribution < 1.29 is 14.3 Å². The van der Waals surface area contributed by atoms with Gasteiger partial charge in [-0.1, -0.05) is 44.0 Å². The van der Waals surface area contributed by atoms with Gasteiger partial charge in [-0.25, -0.2) is 0 Å². The molecule has 0 spiro atoms. The van der Waals surface area contributed by atoms with Crippen LogP contribution in [0.3, 0.4) is 0 Å². The molecule has 0 saturated heterocycles. The zero-order chi connectivity index (χ0) is 19.5. The molecule has 0 bridgehead atoms. The first-order valence-corrected chi connectivity index (χ1v) is 10.4. The summed E-state index contributed by atoms with van der Waals surface area (Å²) in [6, 6.07) is 12.1. The van der Waals surface area contributed by atoms with E-state index in [1.54, 1.807) is 0 Å². The zero-order valence-corrected chi connectivity index (χ0v) is 16.4. The van der Waals surface area contributed by atoms with Gasteiger partial charge in [-0.15, -0.1) is 0 Å². The highest BCUT2D eigenvalue weighted by molar-refractivity contribution is 6.02. The van der Waals surface area contributed by atoms with Crippen LogP contribution in [-0.2, 0) is 4.79 Å². The second kappa shape index (κ2) is 8.21. The van der Waals surface area contributed by atoms with Gasteiger partial charge in [0.15, 0.2) is 6.61 Å². The molecule has 2 fully saturated rings. The summed E-state index contributed by atoms with van der Waals surface area (Å²) in [4.78, 5) is 25.1. The van der Waals surface area contributed by atoms with Gasteiger partial charge in [-0.05, 0) is 54.5 Å². The maximum Gasteiger partial charge on any atom is 0.258 e. The zero-order valence-electron chi connectivity index (χ0n) is 16.4. The molecule has 0 heterocycles. The van der Waals surface area contributed by atoms with Gasteiger partial charge in [-0.3, -0.25) is 9.59 Å². The highest BCUT2D eigenvalue weighted by atomic mass is 16.5. The number of carbonyl (C=O) groups is 2. The lowest BCUT2D eigenvalue weighted by atomic mass is 9.86. The van der Waals surface area contributed by atoms with Crippen molar-refractivity contribution >= 4 is 22.6 Å². The third-order valence-electron chi connectivity index (χ3n) is 5.82. The number of nitrogens with one attached hydrogen (secondary N) is 2. The maximum atomic E-state index is 13.1. The molecule has 28 heavy (non-hydrogen) atoms. The van der Waals surface area contributed by atoms with Gasteiger partial charge in [0.25, 0.3) is 11.8 Å². The van der Waals surface area contributed by atoms with Crippen LogP contribution in [0.2, 0.25) is 0 Å². The van der Waals surface area contributed by atoms with Gasteiger partial charge in [0, 0.05) is 12.1 Å². The predicted molar refractivity (Wildman–Crippen MR) is 109 cm³/mol. The monoisotopic (exact) mass is 380 g/mol. The Hall–Kier alpha value is -2.56. The number of hydrogen-bond acceptors (Lipinski definition) is 3. The molecule has 2 aromatic rings. The summed E-state index contributed by atoms with van der Waals surface area (Å²) in [5, 5.41) is 8.09. The van der Waals surface area contributed by atoms with E-state index in [4.69, 9.17) is 4.74 Å². The summed E-state index contributed by atoms with van der Waals surface area (Å²) in [7, 11) is 0. The highest BCUT2D eigenvalue weighted by Gasteiger charge is 2.26. The Labute approximate surface area is 165 Å². The van der Waals surface area contributed by atoms with Gasteiger partial charge in [0.2, 0.25) is 0 Å². The summed E-state index contributed by atoms with van der Waals surface area (Å²) in [5.74, 6) is 0.683. The van der Waals surface area contributed by atoms with Crippen LogP contribution in [0.25, 0.3) is 10.8 Å². The first kappa shape index (κ1) is 18.8. The predicted octanol–water partition coefficient (Wildman–Crippen LogP) is 3.81. The first-order chi connectivity index (χ1) is 13.6. The van der Waals surface area contributed by atoms with Crippen molar-refractivity contribution in [2.75, 3.05) is 6.61 Å². The molecule has 5 nitrogen and oxygen atoms in total. The van der Waals surface area contributed by atoms with Crippen LogP contribution >= 0.6 is 0 Å². The van der Waals surface area contributed by atoms with Crippen molar-refractivity contribution in [2.24, 2.45) is 5.92 Å². The van der Waals surface area contributed by atoms with Crippen molar-refractivity contribution in [2.45, 2.75) is 57.5 Å². The molecule has 2 N–H and O–H groups in total. The van der Waals surface area contributed by atoms with Gasteiger partial charge >= 0.3 is 0 Å². The smallest absolute Gasteiger partial charge is 0.258 e. The fraction of sp³-hybridized carbons (Fsp3) is 0.478. The molecule has 0 radical (unpaired) electrons. The molecule has 2 unspecified atom stereocenters. The minimum absolute atomic E-state index is 0.0745. The summed E-state index contributed by atoms with van der Waals surface area (Å²) in [6.07, 6.45) is 6.61. The first-order valence-electron chi connectivity index (χ1n) is 10.4. The largest absolute Gasteiger partial charge is 0.483 e. The molecule has 0 aromatic heterocycles. The molecule has 2 amide bonds. The average molecular weight is 380 g/mol. The SMILES string of the molecule is CC1CCCCC1NC(=O)c1cc2ccccc2cc1OCC(=O)NC1CC1. The molecular formula is C23H28N2O3. The van der Waals surface area contributed by atoms with Crippen LogP contribution in [-0.4, -0.2) is 30.5 Å². The van der Waals surface area contributed by atoms with Gasteiger partial charge in [0.05, 0.1) is 5.56 Å². The lowest BCUT2D eigenvalue weighted by molar-refractivity contribution is -0.123. The summed E-state index contributed by atoms with van der Waals surface area (Å²) < 4.78 is 5.80. The van der Waals surface area contributed by atoms with E-state index in [2.05, 4.69) is 17.6 Å². The van der Waals surface area contributed by atoms with E-state index in [-0.39, 0.29) is 24.5 Å². The normalized spacial score (nSPS) is 21.9. The molecule has 148 valence electrons. The Kier molecular flexibility index (Phi) is 5.51. The van der Waals surface area contributed by atoms with Crippen LogP contribution < -0.4 is 15.4 Å². The summed E-state index contributed by atoms with van der Waals surface area (Å²) in [5.41, 5.74) is 0.496. The Morgan fingerprint density at radius 3 is 2.43 bits per heavy atom. The second-order valence-corrected chi connectivity index (χ2v) is 8.17. The van der Waals surface area contributed by atoms with Crippen molar-refractivity contribution in [1.82, 2.24) is 10.6 Å². The van der Waals surface area contributed by atoms with Gasteiger partial charge < -0.3 is 15.4 Å². The Morgan fingerprint density at radius 2 is 1.71 bits per heavy atom. The standard InChI is InChI=1S/C23H28N2O3/c1-15-6-2-5-9-20(15)25-23(27)19-12-16-7-3-4-8-17(16)13-21(19)28-14-22(26)24-18-10-11-18/h3-4,7-8,12-13,15,18,20H,2,5-6,9-11,14H2,1H3,(H,24,26)(H,25,27). The van der Waals surface area contributed by atoms with E-state index < -0.39 is 0 Å². The van der Waals surface area contributed by atoms with Crippen LogP contribution in [0, 0.1) is 5.92 Å². The maximum absolute atomic E-state index is 13.1. The quantitative estimate of drug-likeness (QED) is 0.801. The fourth-order valence-electron chi connectivity index (χ4n) is 3.93. The van der Waals surface area contributed by atoms with E-state index in [1.807, 2.05) is 36.4 Å². The summed E-state index contributed by atoms with van der Waals surface area (Å²) >= 11 is 0. The van der Waals surface area contributed by atoms with Crippen molar-refractivity contribution in [3.05, 3.63) is 42.0 Å². The van der Waals surface area contributed by atoms with Crippen molar-refractivity contribution in [3.8, 4) is 5.75 Å². The molecule has 0 aliphatic heterocycles. The third kappa shape index (κ3) is 4.46. The van der Waals surface area contributed by atoms with Crippen LogP contribution in [0.15, 0.2) is 36.4 Å². The van der Waals surface area contributed by atoms with E-state index >= 15 is 0 Å². The van der Waals surface area contributed by atoms with Crippen molar-refractivity contribution in [1.29, 1.82) is 0 Å². The third-order valence-corrected chi connectivity index (χ3v) is 5.82. The number of benzene rings is 2. The molecule has 2 saturated carbocycles. The number of fused-ring (bicyclic) bond motifs is 1. The fourth-order valence-corrected chi connectivity index (χ4v) is 3.93. The van der Waals surface area contributed by atoms with Gasteiger partial charge in [-0.2, -0.15) is 0 Å².